The van der Waals surface area contributed by atoms with Crippen molar-refractivity contribution in [3.05, 3.63) is 30.3 Å². The molecule has 8 nitrogen and oxygen atoms in total. The van der Waals surface area contributed by atoms with E-state index in [9.17, 15) is 8.42 Å². The van der Waals surface area contributed by atoms with Gasteiger partial charge in [0.25, 0.3) is 0 Å². The minimum Gasteiger partial charge on any atom is -0.493 e. The molecule has 9 heteroatoms. The summed E-state index contributed by atoms with van der Waals surface area (Å²) >= 11 is 0. The van der Waals surface area contributed by atoms with Crippen LogP contribution in [0.5, 0.6) is 11.5 Å². The van der Waals surface area contributed by atoms with Gasteiger partial charge >= 0.3 is 0 Å². The van der Waals surface area contributed by atoms with E-state index in [0.717, 1.165) is 11.9 Å². The fraction of sp³-hybridized carbons (Fsp3) is 0.231. The Balaban J connectivity index is 2.14. The van der Waals surface area contributed by atoms with Crippen LogP contribution in [-0.4, -0.2) is 39.1 Å². The predicted molar refractivity (Wildman–Crippen MR) is 83.3 cm³/mol. The molecule has 0 aliphatic carbocycles. The zero-order valence-corrected chi connectivity index (χ0v) is 13.1. The quantitative estimate of drug-likeness (QED) is 0.832. The Kier molecular flexibility index (Phi) is 4.66. The molecule has 0 aliphatic rings. The molecule has 1 aromatic carbocycles. The van der Waals surface area contributed by atoms with Gasteiger partial charge in [-0.15, -0.1) is 10.2 Å². The van der Waals surface area contributed by atoms with Gasteiger partial charge in [-0.05, 0) is 24.3 Å². The Morgan fingerprint density at radius 3 is 2.14 bits per heavy atom. The molecule has 0 aliphatic heterocycles. The lowest BCUT2D eigenvalue weighted by Crippen LogP contribution is -2.11. The van der Waals surface area contributed by atoms with Gasteiger partial charge in [-0.2, -0.15) is 0 Å². The highest BCUT2D eigenvalue weighted by Crippen LogP contribution is 2.30. The van der Waals surface area contributed by atoms with E-state index in [4.69, 9.17) is 9.47 Å². The van der Waals surface area contributed by atoms with Crippen molar-refractivity contribution in [2.75, 3.05) is 30.5 Å². The van der Waals surface area contributed by atoms with E-state index in [2.05, 4.69) is 20.2 Å². The molecule has 0 spiro atoms. The van der Waals surface area contributed by atoms with Crippen molar-refractivity contribution in [2.24, 2.45) is 0 Å². The van der Waals surface area contributed by atoms with Crippen molar-refractivity contribution in [2.45, 2.75) is 0 Å². The molecule has 0 amide bonds. The van der Waals surface area contributed by atoms with Crippen LogP contribution in [0.3, 0.4) is 0 Å². The third kappa shape index (κ3) is 4.22. The molecule has 0 radical (unpaired) electrons. The highest BCUT2D eigenvalue weighted by atomic mass is 32.2. The average Bonchev–Trinajstić information content (AvgIpc) is 2.47. The van der Waals surface area contributed by atoms with Gasteiger partial charge < -0.3 is 14.8 Å². The maximum absolute atomic E-state index is 11.1. The van der Waals surface area contributed by atoms with Crippen molar-refractivity contribution in [1.82, 2.24) is 10.2 Å². The van der Waals surface area contributed by atoms with Crippen molar-refractivity contribution in [1.29, 1.82) is 0 Å². The van der Waals surface area contributed by atoms with E-state index < -0.39 is 10.0 Å². The van der Waals surface area contributed by atoms with E-state index in [0.29, 0.717) is 17.3 Å². The van der Waals surface area contributed by atoms with E-state index >= 15 is 0 Å². The van der Waals surface area contributed by atoms with Crippen LogP contribution in [0.25, 0.3) is 0 Å². The second-order valence-electron chi connectivity index (χ2n) is 4.37. The largest absolute Gasteiger partial charge is 0.493 e. The number of nitrogens with zero attached hydrogens (tertiary/aromatic N) is 2. The monoisotopic (exact) mass is 324 g/mol. The maximum Gasteiger partial charge on any atom is 0.231 e. The lowest BCUT2D eigenvalue weighted by atomic mass is 10.2. The molecule has 0 saturated heterocycles. The smallest absolute Gasteiger partial charge is 0.231 e. The molecule has 0 atom stereocenters. The number of anilines is 3. The van der Waals surface area contributed by atoms with Gasteiger partial charge in [0, 0.05) is 11.8 Å². The summed E-state index contributed by atoms with van der Waals surface area (Å²) < 4.78 is 34.8. The van der Waals surface area contributed by atoms with Gasteiger partial charge in [0.05, 0.1) is 20.5 Å². The second-order valence-corrected chi connectivity index (χ2v) is 6.12. The standard InChI is InChI=1S/C13H16N4O4S/c1-20-10-5-4-9(8-11(10)21-2)14-12-6-7-13(16-15-12)17-22(3,18)19/h4-8H,1-3H3,(H,14,15)(H,16,17). The fourth-order valence-electron chi connectivity index (χ4n) is 1.71. The molecule has 0 bridgehead atoms. The molecule has 0 unspecified atom stereocenters. The second kappa shape index (κ2) is 6.48. The van der Waals surface area contributed by atoms with Crippen LogP contribution in [0.2, 0.25) is 0 Å². The van der Waals surface area contributed by atoms with E-state index in [1.165, 1.54) is 6.07 Å². The molecule has 2 rings (SSSR count). The molecule has 22 heavy (non-hydrogen) atoms. The van der Waals surface area contributed by atoms with Crippen LogP contribution in [0.15, 0.2) is 30.3 Å². The summed E-state index contributed by atoms with van der Waals surface area (Å²) in [5.41, 5.74) is 0.732. The van der Waals surface area contributed by atoms with Crippen LogP contribution in [0, 0.1) is 0 Å². The third-order valence-electron chi connectivity index (χ3n) is 2.61. The first-order chi connectivity index (χ1) is 10.4. The fourth-order valence-corrected chi connectivity index (χ4v) is 2.19. The van der Waals surface area contributed by atoms with E-state index in [1.54, 1.807) is 38.5 Å². The highest BCUT2D eigenvalue weighted by Gasteiger charge is 2.07. The lowest BCUT2D eigenvalue weighted by molar-refractivity contribution is 0.355. The van der Waals surface area contributed by atoms with Crippen molar-refractivity contribution < 1.29 is 17.9 Å². The molecule has 1 heterocycles. The molecule has 118 valence electrons. The van der Waals surface area contributed by atoms with Crippen molar-refractivity contribution in [3.63, 3.8) is 0 Å². The number of benzene rings is 1. The zero-order chi connectivity index (χ0) is 16.2. The number of hydrogen-bond acceptors (Lipinski definition) is 7. The lowest BCUT2D eigenvalue weighted by Gasteiger charge is -2.10. The summed E-state index contributed by atoms with van der Waals surface area (Å²) in [7, 11) is -0.261. The maximum atomic E-state index is 11.1. The number of ether oxygens (including phenoxy) is 2. The first-order valence-corrected chi connectivity index (χ1v) is 8.11. The first kappa shape index (κ1) is 15.8. The summed E-state index contributed by atoms with van der Waals surface area (Å²) in [5, 5.41) is 10.7. The minimum absolute atomic E-state index is 0.153. The number of sulfonamides is 1. The number of aromatic nitrogens is 2. The van der Waals surface area contributed by atoms with Gasteiger partial charge in [0.2, 0.25) is 10.0 Å². The van der Waals surface area contributed by atoms with Gasteiger partial charge in [-0.25, -0.2) is 8.42 Å². The number of methoxy groups -OCH3 is 2. The molecule has 1 aromatic heterocycles. The summed E-state index contributed by atoms with van der Waals surface area (Å²) in [6.07, 6.45) is 1.05. The zero-order valence-electron chi connectivity index (χ0n) is 12.3. The van der Waals surface area contributed by atoms with Crippen LogP contribution in [-0.2, 0) is 10.0 Å². The van der Waals surface area contributed by atoms with Gasteiger partial charge in [-0.3, -0.25) is 4.72 Å². The van der Waals surface area contributed by atoms with Crippen LogP contribution < -0.4 is 19.5 Å². The van der Waals surface area contributed by atoms with E-state index in [1.807, 2.05) is 0 Å². The molecule has 0 fully saturated rings. The number of hydrogen-bond donors (Lipinski definition) is 2. The van der Waals surface area contributed by atoms with Crippen molar-refractivity contribution in [3.8, 4) is 11.5 Å². The molecular weight excluding hydrogens is 308 g/mol. The Labute approximate surface area is 128 Å². The highest BCUT2D eigenvalue weighted by molar-refractivity contribution is 7.92. The summed E-state index contributed by atoms with van der Waals surface area (Å²) in [6.45, 7) is 0. The molecule has 2 aromatic rings. The van der Waals surface area contributed by atoms with Gasteiger partial charge in [0.15, 0.2) is 23.1 Å². The molecule has 2 N–H and O–H groups in total. The van der Waals surface area contributed by atoms with E-state index in [-0.39, 0.29) is 5.82 Å². The average molecular weight is 324 g/mol. The predicted octanol–water partition coefficient (Wildman–Crippen LogP) is 1.61. The Morgan fingerprint density at radius 2 is 1.59 bits per heavy atom. The SMILES string of the molecule is COc1ccc(Nc2ccc(NS(C)(=O)=O)nn2)cc1OC. The van der Waals surface area contributed by atoms with Gasteiger partial charge in [0.1, 0.15) is 0 Å². The topological polar surface area (TPSA) is 102 Å². The minimum atomic E-state index is -3.37. The van der Waals surface area contributed by atoms with Crippen LogP contribution in [0.4, 0.5) is 17.3 Å². The Morgan fingerprint density at radius 1 is 0.955 bits per heavy atom. The number of nitrogens with one attached hydrogen (secondary N) is 2. The molecule has 0 saturated carbocycles. The van der Waals surface area contributed by atoms with Gasteiger partial charge in [-0.1, -0.05) is 0 Å². The van der Waals surface area contributed by atoms with Crippen LogP contribution >= 0.6 is 0 Å². The summed E-state index contributed by atoms with van der Waals surface area (Å²) in [4.78, 5) is 0. The Bertz CT molecular complexity index is 747. The molecular formula is C13H16N4O4S. The Hall–Kier alpha value is -2.55. The van der Waals surface area contributed by atoms with Crippen LogP contribution in [0.1, 0.15) is 0 Å². The van der Waals surface area contributed by atoms with Crippen molar-refractivity contribution >= 4 is 27.3 Å². The first-order valence-electron chi connectivity index (χ1n) is 6.22. The number of rotatable bonds is 6. The summed E-state index contributed by atoms with van der Waals surface area (Å²) in [5.74, 6) is 1.81. The summed E-state index contributed by atoms with van der Waals surface area (Å²) in [6, 6.07) is 8.43. The normalized spacial score (nSPS) is 10.9. The third-order valence-corrected chi connectivity index (χ3v) is 3.19.